The molecule has 0 radical (unpaired) electrons. The fraction of sp³-hybridized carbons (Fsp3) is 0.263. The second-order valence-electron chi connectivity index (χ2n) is 6.34. The highest BCUT2D eigenvalue weighted by molar-refractivity contribution is 9.10. The molecule has 4 nitrogen and oxygen atoms in total. The number of carbonyl (C=O) groups excluding carboxylic acids is 2. The van der Waals surface area contributed by atoms with Crippen molar-refractivity contribution in [3.8, 4) is 0 Å². The van der Waals surface area contributed by atoms with Gasteiger partial charge >= 0.3 is 0 Å². The molecule has 2 aromatic rings. The van der Waals surface area contributed by atoms with E-state index in [1.165, 1.54) is 0 Å². The Kier molecular flexibility index (Phi) is 15.1. The number of hydrogen-bond donors (Lipinski definition) is 2. The van der Waals surface area contributed by atoms with Crippen LogP contribution in [-0.4, -0.2) is 16.0 Å². The van der Waals surface area contributed by atoms with E-state index in [1.54, 1.807) is 43.3 Å². The maximum absolute atomic E-state index is 10.8. The van der Waals surface area contributed by atoms with Crippen molar-refractivity contribution >= 4 is 73.6 Å². The minimum atomic E-state index is -0.468. The molecule has 0 atom stereocenters. The van der Waals surface area contributed by atoms with Crippen LogP contribution in [-0.2, 0) is 0 Å². The van der Waals surface area contributed by atoms with Crippen LogP contribution < -0.4 is 11.3 Å². The highest BCUT2D eigenvalue weighted by Crippen LogP contribution is 2.28. The molecule has 28 heavy (non-hydrogen) atoms. The average Bonchev–Trinajstić information content (AvgIpc) is 2.60. The summed E-state index contributed by atoms with van der Waals surface area (Å²) < 4.78 is 0.718. The monoisotopic (exact) mass is 530 g/mol. The summed E-state index contributed by atoms with van der Waals surface area (Å²) in [6, 6.07) is 12.0. The molecule has 0 bridgehead atoms. The van der Waals surface area contributed by atoms with Gasteiger partial charge in [-0.2, -0.15) is 0 Å². The number of carbonyl (C=O) groups is 2. The summed E-state index contributed by atoms with van der Waals surface area (Å²) in [4.78, 5) is 21.2. The molecule has 0 saturated carbocycles. The Morgan fingerprint density at radius 2 is 1.46 bits per heavy atom. The van der Waals surface area contributed by atoms with Crippen molar-refractivity contribution in [2.75, 3.05) is 0 Å². The van der Waals surface area contributed by atoms with Crippen LogP contribution in [0.4, 0.5) is 0 Å². The van der Waals surface area contributed by atoms with Crippen LogP contribution in [0.5, 0.6) is 0 Å². The normalized spacial score (nSPS) is 9.75. The number of benzene rings is 2. The lowest BCUT2D eigenvalue weighted by molar-refractivity contribution is 0.107. The van der Waals surface area contributed by atoms with Gasteiger partial charge in [-0.3, -0.25) is 20.9 Å². The summed E-state index contributed by atoms with van der Waals surface area (Å²) in [5.74, 6) is 5.06. The molecule has 0 heterocycles. The first kappa shape index (κ1) is 29.5. The number of hydrogen-bond acceptors (Lipinski definition) is 4. The Labute approximate surface area is 195 Å². The Morgan fingerprint density at radius 1 is 1.00 bits per heavy atom. The van der Waals surface area contributed by atoms with Crippen LogP contribution >= 0.6 is 63.1 Å². The smallest absolute Gasteiger partial charge is 0.252 e. The van der Waals surface area contributed by atoms with Crippen molar-refractivity contribution in [2.24, 2.45) is 5.84 Å². The van der Waals surface area contributed by atoms with E-state index >= 15 is 0 Å². The minimum absolute atomic E-state index is 0. The number of nitrogens with two attached hydrogens (primary N) is 1. The third kappa shape index (κ3) is 12.0. The van der Waals surface area contributed by atoms with Gasteiger partial charge in [0.25, 0.3) is 10.5 Å². The van der Waals surface area contributed by atoms with Gasteiger partial charge in [0, 0.05) is 21.1 Å². The van der Waals surface area contributed by atoms with E-state index in [0.29, 0.717) is 16.1 Å². The van der Waals surface area contributed by atoms with Crippen LogP contribution in [0, 0.1) is 6.92 Å². The average molecular weight is 533 g/mol. The molecule has 2 rings (SSSR count). The molecule has 3 N–H and O–H groups in total. The molecule has 9 heteroatoms. The topological polar surface area (TPSA) is 72.2 Å². The third-order valence-corrected chi connectivity index (χ3v) is 4.97. The van der Waals surface area contributed by atoms with Crippen molar-refractivity contribution in [3.05, 3.63) is 68.7 Å². The molecule has 0 spiro atoms. The van der Waals surface area contributed by atoms with Gasteiger partial charge in [0.2, 0.25) is 0 Å². The summed E-state index contributed by atoms with van der Waals surface area (Å²) in [5, 5.41) is -0.297. The van der Waals surface area contributed by atoms with Gasteiger partial charge in [-0.15, -0.1) is 12.4 Å². The van der Waals surface area contributed by atoms with E-state index in [9.17, 15) is 9.59 Å². The van der Waals surface area contributed by atoms with Crippen LogP contribution in [0.3, 0.4) is 0 Å². The van der Waals surface area contributed by atoms with Gasteiger partial charge in [-0.1, -0.05) is 41.9 Å². The van der Waals surface area contributed by atoms with Crippen LogP contribution in [0.25, 0.3) is 0 Å². The molecule has 0 aliphatic rings. The van der Waals surface area contributed by atoms with Crippen molar-refractivity contribution in [2.45, 2.75) is 33.2 Å². The van der Waals surface area contributed by atoms with Gasteiger partial charge in [0.05, 0.1) is 5.02 Å². The van der Waals surface area contributed by atoms with E-state index in [1.807, 2.05) is 26.8 Å². The lowest BCUT2D eigenvalue weighted by Crippen LogP contribution is -2.41. The second-order valence-corrected chi connectivity index (χ2v) is 8.23. The fourth-order valence-corrected chi connectivity index (χ4v) is 2.32. The zero-order valence-electron chi connectivity index (χ0n) is 15.9. The van der Waals surface area contributed by atoms with Crippen molar-refractivity contribution < 1.29 is 9.59 Å². The maximum Gasteiger partial charge on any atom is 0.252 e. The van der Waals surface area contributed by atoms with Crippen molar-refractivity contribution in [3.63, 3.8) is 0 Å². The first-order valence-corrected chi connectivity index (χ1v) is 9.70. The first-order chi connectivity index (χ1) is 12.4. The minimum Gasteiger partial charge on any atom is -0.276 e. The molecular weight excluding hydrogens is 510 g/mol. The summed E-state index contributed by atoms with van der Waals surface area (Å²) in [5.41, 5.74) is 4.46. The molecule has 156 valence electrons. The molecule has 0 aliphatic carbocycles. The molecule has 0 aromatic heterocycles. The molecule has 0 amide bonds. The Hall–Kier alpha value is -0.660. The summed E-state index contributed by atoms with van der Waals surface area (Å²) in [6.07, 6.45) is 0. The number of halogens is 5. The van der Waals surface area contributed by atoms with Crippen LogP contribution in [0.2, 0.25) is 5.02 Å². The number of nitrogens with one attached hydrogen (secondary N) is 1. The van der Waals surface area contributed by atoms with Gasteiger partial charge in [0.1, 0.15) is 0 Å². The van der Waals surface area contributed by atoms with E-state index in [-0.39, 0.29) is 17.9 Å². The largest absolute Gasteiger partial charge is 0.276 e. The lowest BCUT2D eigenvalue weighted by Gasteiger charge is -2.14. The fourth-order valence-electron chi connectivity index (χ4n) is 1.43. The summed E-state index contributed by atoms with van der Waals surface area (Å²) >= 11 is 19.5. The molecule has 2 aromatic carbocycles. The Bertz CT molecular complexity index is 767. The SMILES string of the molecule is CC(C)(C)NN.Cc1c(C(=O)Cl)ccc(Cl)c1Br.Cl.O=C(Cl)c1ccccc1. The molecule has 0 unspecified atom stereocenters. The Morgan fingerprint density at radius 3 is 1.79 bits per heavy atom. The third-order valence-electron chi connectivity index (χ3n) is 2.98. The summed E-state index contributed by atoms with van der Waals surface area (Å²) in [6.45, 7) is 7.80. The highest BCUT2D eigenvalue weighted by atomic mass is 79.9. The first-order valence-electron chi connectivity index (χ1n) is 7.77. The van der Waals surface area contributed by atoms with E-state index in [4.69, 9.17) is 40.6 Å². The molecule has 0 aliphatic heterocycles. The number of rotatable bonds is 2. The predicted molar refractivity (Wildman–Crippen MR) is 125 cm³/mol. The van der Waals surface area contributed by atoms with E-state index in [2.05, 4.69) is 21.4 Å². The zero-order valence-corrected chi connectivity index (χ0v) is 20.5. The van der Waals surface area contributed by atoms with E-state index < -0.39 is 10.5 Å². The molecular formula is C19H23BrCl4N2O2. The standard InChI is InChI=1S/C8H5BrCl2O.C7H5ClO.C4H12N2.ClH/c1-4-5(8(11)12)2-3-6(10)7(4)9;8-7(9)6-4-2-1-3-5-6;1-4(2,3)6-5;/h2-3H,1H3;1-5H;6H,5H2,1-3H3;1H. The van der Waals surface area contributed by atoms with Gasteiger partial charge in [-0.25, -0.2) is 0 Å². The van der Waals surface area contributed by atoms with E-state index in [0.717, 1.165) is 10.0 Å². The summed E-state index contributed by atoms with van der Waals surface area (Å²) in [7, 11) is 0. The zero-order chi connectivity index (χ0) is 21.2. The van der Waals surface area contributed by atoms with Gasteiger partial charge in [-0.05, 0) is 84.5 Å². The highest BCUT2D eigenvalue weighted by Gasteiger charge is 2.10. The van der Waals surface area contributed by atoms with Gasteiger partial charge < -0.3 is 0 Å². The van der Waals surface area contributed by atoms with Crippen LogP contribution in [0.1, 0.15) is 47.1 Å². The Balaban J connectivity index is 0. The van der Waals surface area contributed by atoms with Crippen molar-refractivity contribution in [1.82, 2.24) is 5.43 Å². The van der Waals surface area contributed by atoms with Crippen LogP contribution in [0.15, 0.2) is 46.9 Å². The van der Waals surface area contributed by atoms with Crippen molar-refractivity contribution in [1.29, 1.82) is 0 Å². The maximum atomic E-state index is 10.8. The molecule has 0 fully saturated rings. The second kappa shape index (κ2) is 14.3. The predicted octanol–water partition coefficient (Wildman–Crippen LogP) is 6.53. The molecule has 0 saturated heterocycles. The quantitative estimate of drug-likeness (QED) is 0.262. The number of hydrazine groups is 1. The van der Waals surface area contributed by atoms with Gasteiger partial charge in [0.15, 0.2) is 0 Å². The lowest BCUT2D eigenvalue weighted by atomic mass is 10.1.